The molecule has 28 heavy (non-hydrogen) atoms. The van der Waals surface area contributed by atoms with Crippen LogP contribution in [-0.2, 0) is 26.0 Å². The lowest BCUT2D eigenvalue weighted by atomic mass is 10.1. The summed E-state index contributed by atoms with van der Waals surface area (Å²) in [5.74, 6) is -1.33. The molecular weight excluding hydrogens is 400 g/mol. The largest absolute Gasteiger partial charge is 0.451 e. The molecule has 3 rings (SSSR count). The van der Waals surface area contributed by atoms with Crippen molar-refractivity contribution in [1.29, 1.82) is 0 Å². The summed E-state index contributed by atoms with van der Waals surface area (Å²) in [5.41, 5.74) is 1.78. The van der Waals surface area contributed by atoms with Crippen LogP contribution in [0.2, 0.25) is 0 Å². The van der Waals surface area contributed by atoms with Gasteiger partial charge >= 0.3 is 5.97 Å². The van der Waals surface area contributed by atoms with Crippen LogP contribution >= 0.6 is 11.3 Å². The van der Waals surface area contributed by atoms with Crippen molar-refractivity contribution >= 4 is 38.9 Å². The SMILES string of the molecule is CCCc1ccc(NC(=O)COC(=O)c2sccc2S(=O)(=O)NC2CC2)cc1. The predicted molar refractivity (Wildman–Crippen MR) is 107 cm³/mol. The minimum Gasteiger partial charge on any atom is -0.451 e. The van der Waals surface area contributed by atoms with Crippen molar-refractivity contribution in [3.8, 4) is 0 Å². The maximum atomic E-state index is 12.3. The molecule has 7 nitrogen and oxygen atoms in total. The van der Waals surface area contributed by atoms with E-state index < -0.39 is 28.5 Å². The standard InChI is InChI=1S/C19H22N2O5S2/c1-2-3-13-4-6-14(7-5-13)20-17(22)12-26-19(23)18-16(10-11-27-18)28(24,25)21-15-8-9-15/h4-7,10-11,15,21H,2-3,8-9,12H2,1H3,(H,20,22). The van der Waals surface area contributed by atoms with Gasteiger partial charge in [0.2, 0.25) is 10.0 Å². The topological polar surface area (TPSA) is 102 Å². The number of anilines is 1. The first-order valence-electron chi connectivity index (χ1n) is 9.05. The van der Waals surface area contributed by atoms with Crippen LogP contribution in [0.15, 0.2) is 40.6 Å². The third-order valence-corrected chi connectivity index (χ3v) is 6.70. The highest BCUT2D eigenvalue weighted by Gasteiger charge is 2.31. The first kappa shape index (κ1) is 20.5. The molecule has 0 saturated heterocycles. The molecule has 2 aromatic rings. The minimum atomic E-state index is -3.77. The van der Waals surface area contributed by atoms with Crippen molar-refractivity contribution < 1.29 is 22.7 Å². The fraction of sp³-hybridized carbons (Fsp3) is 0.368. The van der Waals surface area contributed by atoms with Crippen molar-refractivity contribution in [2.75, 3.05) is 11.9 Å². The van der Waals surface area contributed by atoms with E-state index in [0.717, 1.165) is 37.0 Å². The fourth-order valence-corrected chi connectivity index (χ4v) is 5.19. The molecule has 0 spiro atoms. The molecule has 0 atom stereocenters. The smallest absolute Gasteiger partial charge is 0.350 e. The summed E-state index contributed by atoms with van der Waals surface area (Å²) in [6, 6.07) is 8.74. The number of carbonyl (C=O) groups excluding carboxylic acids is 2. The van der Waals surface area contributed by atoms with Crippen LogP contribution in [0, 0.1) is 0 Å². The van der Waals surface area contributed by atoms with E-state index in [1.54, 1.807) is 12.1 Å². The first-order valence-corrected chi connectivity index (χ1v) is 11.4. The molecule has 2 N–H and O–H groups in total. The van der Waals surface area contributed by atoms with Gasteiger partial charge in [-0.1, -0.05) is 25.5 Å². The van der Waals surface area contributed by atoms with Gasteiger partial charge in [0.05, 0.1) is 0 Å². The van der Waals surface area contributed by atoms with Crippen molar-refractivity contribution in [2.24, 2.45) is 0 Å². The van der Waals surface area contributed by atoms with E-state index in [1.165, 1.54) is 17.0 Å². The molecule has 1 aromatic heterocycles. The van der Waals surface area contributed by atoms with E-state index in [4.69, 9.17) is 4.74 Å². The normalized spacial score (nSPS) is 13.9. The second kappa shape index (κ2) is 8.85. The summed E-state index contributed by atoms with van der Waals surface area (Å²) in [6.45, 7) is 1.60. The van der Waals surface area contributed by atoms with E-state index in [1.807, 2.05) is 12.1 Å². The number of hydrogen-bond donors (Lipinski definition) is 2. The van der Waals surface area contributed by atoms with Gasteiger partial charge in [0.1, 0.15) is 9.77 Å². The third-order valence-electron chi connectivity index (χ3n) is 4.11. The number of thiophene rings is 1. The molecule has 1 aromatic carbocycles. The summed E-state index contributed by atoms with van der Waals surface area (Å²) in [4.78, 5) is 24.1. The molecule has 150 valence electrons. The van der Waals surface area contributed by atoms with Crippen LogP contribution in [-0.4, -0.2) is 32.9 Å². The number of amides is 1. The zero-order chi connectivity index (χ0) is 20.1. The summed E-state index contributed by atoms with van der Waals surface area (Å²) in [7, 11) is -3.77. The van der Waals surface area contributed by atoms with Crippen molar-refractivity contribution in [3.63, 3.8) is 0 Å². The average Bonchev–Trinajstić information content (AvgIpc) is 3.31. The van der Waals surface area contributed by atoms with Gasteiger partial charge in [0.15, 0.2) is 6.61 Å². The lowest BCUT2D eigenvalue weighted by Gasteiger charge is -2.08. The number of carbonyl (C=O) groups is 2. The Balaban J connectivity index is 1.55. The van der Waals surface area contributed by atoms with Gasteiger partial charge in [-0.05, 0) is 48.4 Å². The molecule has 9 heteroatoms. The molecule has 1 amide bonds. The molecule has 0 bridgehead atoms. The molecule has 0 aliphatic heterocycles. The predicted octanol–water partition coefficient (Wildman–Crippen LogP) is 2.94. The lowest BCUT2D eigenvalue weighted by Crippen LogP contribution is -2.27. The second-order valence-corrected chi connectivity index (χ2v) is 9.18. The lowest BCUT2D eigenvalue weighted by molar-refractivity contribution is -0.119. The Labute approximate surface area is 168 Å². The number of sulfonamides is 1. The highest BCUT2D eigenvalue weighted by atomic mass is 32.2. The average molecular weight is 423 g/mol. The van der Waals surface area contributed by atoms with E-state index in [-0.39, 0.29) is 15.8 Å². The van der Waals surface area contributed by atoms with E-state index in [9.17, 15) is 18.0 Å². The molecule has 1 saturated carbocycles. The number of nitrogens with one attached hydrogen (secondary N) is 2. The van der Waals surface area contributed by atoms with Gasteiger partial charge in [0, 0.05) is 11.7 Å². The van der Waals surface area contributed by atoms with Crippen LogP contribution in [0.1, 0.15) is 41.4 Å². The van der Waals surface area contributed by atoms with E-state index in [2.05, 4.69) is 17.0 Å². The van der Waals surface area contributed by atoms with Gasteiger partial charge < -0.3 is 10.1 Å². The van der Waals surface area contributed by atoms with E-state index >= 15 is 0 Å². The number of esters is 1. The number of aryl methyl sites for hydroxylation is 1. The summed E-state index contributed by atoms with van der Waals surface area (Å²) in [6.07, 6.45) is 3.59. The monoisotopic (exact) mass is 422 g/mol. The summed E-state index contributed by atoms with van der Waals surface area (Å²) in [5, 5.41) is 4.16. The Morgan fingerprint density at radius 2 is 1.89 bits per heavy atom. The fourth-order valence-electron chi connectivity index (χ4n) is 2.58. The van der Waals surface area contributed by atoms with Gasteiger partial charge in [-0.15, -0.1) is 11.3 Å². The van der Waals surface area contributed by atoms with Gasteiger partial charge in [-0.2, -0.15) is 0 Å². The second-order valence-electron chi connectivity index (χ2n) is 6.58. The van der Waals surface area contributed by atoms with Gasteiger partial charge in [0.25, 0.3) is 5.91 Å². The Kier molecular flexibility index (Phi) is 6.48. The van der Waals surface area contributed by atoms with Gasteiger partial charge in [-0.25, -0.2) is 17.9 Å². The Bertz CT molecular complexity index is 947. The number of ether oxygens (including phenoxy) is 1. The zero-order valence-corrected chi connectivity index (χ0v) is 17.1. The van der Waals surface area contributed by atoms with Crippen molar-refractivity contribution in [3.05, 3.63) is 46.2 Å². The molecule has 1 aliphatic rings. The molecule has 0 unspecified atom stereocenters. The molecule has 1 aliphatic carbocycles. The summed E-state index contributed by atoms with van der Waals surface area (Å²) >= 11 is 0.968. The molecule has 0 radical (unpaired) electrons. The Hall–Kier alpha value is -2.23. The highest BCUT2D eigenvalue weighted by molar-refractivity contribution is 7.89. The van der Waals surface area contributed by atoms with Crippen LogP contribution in [0.5, 0.6) is 0 Å². The van der Waals surface area contributed by atoms with Crippen LogP contribution < -0.4 is 10.0 Å². The Morgan fingerprint density at radius 1 is 1.18 bits per heavy atom. The van der Waals surface area contributed by atoms with Crippen LogP contribution in [0.3, 0.4) is 0 Å². The molecule has 1 fully saturated rings. The molecular formula is C19H22N2O5S2. The number of hydrogen-bond acceptors (Lipinski definition) is 6. The zero-order valence-electron chi connectivity index (χ0n) is 15.4. The Morgan fingerprint density at radius 3 is 2.54 bits per heavy atom. The third kappa shape index (κ3) is 5.40. The maximum absolute atomic E-state index is 12.3. The number of rotatable bonds is 9. The van der Waals surface area contributed by atoms with Crippen molar-refractivity contribution in [1.82, 2.24) is 4.72 Å². The van der Waals surface area contributed by atoms with E-state index in [0.29, 0.717) is 5.69 Å². The van der Waals surface area contributed by atoms with Crippen molar-refractivity contribution in [2.45, 2.75) is 43.5 Å². The van der Waals surface area contributed by atoms with Crippen LogP contribution in [0.4, 0.5) is 5.69 Å². The first-order chi connectivity index (χ1) is 13.4. The summed E-state index contributed by atoms with van der Waals surface area (Å²) < 4.78 is 32.2. The number of benzene rings is 1. The molecule has 1 heterocycles. The highest BCUT2D eigenvalue weighted by Crippen LogP contribution is 2.27. The van der Waals surface area contributed by atoms with Crippen LogP contribution in [0.25, 0.3) is 0 Å². The van der Waals surface area contributed by atoms with Gasteiger partial charge in [-0.3, -0.25) is 4.79 Å². The quantitative estimate of drug-likeness (QED) is 0.605. The maximum Gasteiger partial charge on any atom is 0.350 e. The minimum absolute atomic E-state index is 0.0372.